The Morgan fingerprint density at radius 2 is 2.00 bits per heavy atom. The van der Waals surface area contributed by atoms with Crippen LogP contribution in [0.2, 0.25) is 0 Å². The largest absolute Gasteiger partial charge is 0.480 e. The summed E-state index contributed by atoms with van der Waals surface area (Å²) in [6.07, 6.45) is 2.10. The SMILES string of the molecule is Cc1ccc(CN(C)C(C(=O)O)C2CC2)cc1. The van der Waals surface area contributed by atoms with E-state index >= 15 is 0 Å². The van der Waals surface area contributed by atoms with E-state index in [0.29, 0.717) is 12.5 Å². The van der Waals surface area contributed by atoms with E-state index in [0.717, 1.165) is 12.8 Å². The highest BCUT2D eigenvalue weighted by atomic mass is 16.4. The zero-order chi connectivity index (χ0) is 12.4. The molecule has 1 aromatic rings. The van der Waals surface area contributed by atoms with E-state index in [1.165, 1.54) is 11.1 Å². The minimum Gasteiger partial charge on any atom is -0.480 e. The summed E-state index contributed by atoms with van der Waals surface area (Å²) >= 11 is 0. The number of likely N-dealkylation sites (N-methyl/N-ethyl adjacent to an activating group) is 1. The molecule has 1 aromatic carbocycles. The van der Waals surface area contributed by atoms with Gasteiger partial charge >= 0.3 is 5.97 Å². The number of carbonyl (C=O) groups is 1. The molecule has 1 atom stereocenters. The van der Waals surface area contributed by atoms with Gasteiger partial charge in [0.05, 0.1) is 0 Å². The summed E-state index contributed by atoms with van der Waals surface area (Å²) in [6.45, 7) is 2.76. The van der Waals surface area contributed by atoms with Crippen LogP contribution in [-0.4, -0.2) is 29.1 Å². The molecule has 0 spiro atoms. The van der Waals surface area contributed by atoms with Crippen LogP contribution in [-0.2, 0) is 11.3 Å². The second-order valence-corrected chi connectivity index (χ2v) is 5.02. The molecule has 92 valence electrons. The molecule has 0 aromatic heterocycles. The summed E-state index contributed by atoms with van der Waals surface area (Å²) in [5, 5.41) is 9.23. The van der Waals surface area contributed by atoms with Crippen LogP contribution in [0.4, 0.5) is 0 Å². The molecule has 0 bridgehead atoms. The topological polar surface area (TPSA) is 40.5 Å². The second-order valence-electron chi connectivity index (χ2n) is 5.02. The number of hydrogen-bond donors (Lipinski definition) is 1. The molecular formula is C14H19NO2. The van der Waals surface area contributed by atoms with Crippen molar-refractivity contribution in [3.05, 3.63) is 35.4 Å². The predicted molar refractivity (Wildman–Crippen MR) is 66.8 cm³/mol. The molecule has 0 saturated heterocycles. The molecule has 17 heavy (non-hydrogen) atoms. The van der Waals surface area contributed by atoms with Gasteiger partial charge in [-0.15, -0.1) is 0 Å². The van der Waals surface area contributed by atoms with Crippen molar-refractivity contribution in [2.24, 2.45) is 5.92 Å². The summed E-state index contributed by atoms with van der Waals surface area (Å²) in [6, 6.07) is 7.94. The van der Waals surface area contributed by atoms with Gasteiger partial charge in [-0.25, -0.2) is 0 Å². The van der Waals surface area contributed by atoms with Gasteiger partial charge in [0.2, 0.25) is 0 Å². The van der Waals surface area contributed by atoms with Crippen LogP contribution in [0.5, 0.6) is 0 Å². The van der Waals surface area contributed by atoms with Crippen molar-refractivity contribution in [2.75, 3.05) is 7.05 Å². The normalized spacial score (nSPS) is 17.1. The second kappa shape index (κ2) is 4.88. The Bertz CT molecular complexity index is 395. The number of carboxylic acid groups (broad SMARTS) is 1. The van der Waals surface area contributed by atoms with Gasteiger partial charge in [0.15, 0.2) is 0 Å². The van der Waals surface area contributed by atoms with Crippen molar-refractivity contribution in [3.63, 3.8) is 0 Å². The van der Waals surface area contributed by atoms with Gasteiger partial charge in [-0.1, -0.05) is 29.8 Å². The molecule has 1 N–H and O–H groups in total. The molecule has 2 rings (SSSR count). The monoisotopic (exact) mass is 233 g/mol. The number of aliphatic carboxylic acids is 1. The fourth-order valence-electron chi connectivity index (χ4n) is 2.24. The fourth-order valence-corrected chi connectivity index (χ4v) is 2.24. The molecule has 1 saturated carbocycles. The number of hydrogen-bond acceptors (Lipinski definition) is 2. The van der Waals surface area contributed by atoms with Gasteiger partial charge in [-0.2, -0.15) is 0 Å². The van der Waals surface area contributed by atoms with Crippen molar-refractivity contribution in [1.29, 1.82) is 0 Å². The third-order valence-electron chi connectivity index (χ3n) is 3.35. The van der Waals surface area contributed by atoms with Crippen molar-refractivity contribution >= 4 is 5.97 Å². The smallest absolute Gasteiger partial charge is 0.321 e. The Balaban J connectivity index is 2.01. The minimum absolute atomic E-state index is 0.323. The maximum absolute atomic E-state index is 11.2. The number of aryl methyl sites for hydroxylation is 1. The van der Waals surface area contributed by atoms with Crippen LogP contribution in [0.1, 0.15) is 24.0 Å². The average Bonchev–Trinajstić information content (AvgIpc) is 3.05. The van der Waals surface area contributed by atoms with Crippen LogP contribution in [0.15, 0.2) is 24.3 Å². The Labute approximate surface area is 102 Å². The summed E-state index contributed by atoms with van der Waals surface area (Å²) in [7, 11) is 1.90. The van der Waals surface area contributed by atoms with E-state index < -0.39 is 5.97 Å². The van der Waals surface area contributed by atoms with E-state index in [-0.39, 0.29) is 6.04 Å². The molecule has 1 aliphatic carbocycles. The quantitative estimate of drug-likeness (QED) is 0.848. The Morgan fingerprint density at radius 1 is 1.41 bits per heavy atom. The molecule has 3 heteroatoms. The maximum atomic E-state index is 11.2. The molecule has 1 unspecified atom stereocenters. The van der Waals surface area contributed by atoms with E-state index in [4.69, 9.17) is 0 Å². The lowest BCUT2D eigenvalue weighted by Gasteiger charge is -2.24. The van der Waals surface area contributed by atoms with E-state index in [1.807, 2.05) is 11.9 Å². The lowest BCUT2D eigenvalue weighted by molar-refractivity contribution is -0.143. The lowest BCUT2D eigenvalue weighted by Crippen LogP contribution is -2.39. The zero-order valence-corrected chi connectivity index (χ0v) is 10.4. The number of carboxylic acids is 1. The highest BCUT2D eigenvalue weighted by molar-refractivity contribution is 5.74. The van der Waals surface area contributed by atoms with Crippen molar-refractivity contribution < 1.29 is 9.90 Å². The predicted octanol–water partition coefficient (Wildman–Crippen LogP) is 2.29. The van der Waals surface area contributed by atoms with Gasteiger partial charge in [0, 0.05) is 6.54 Å². The zero-order valence-electron chi connectivity index (χ0n) is 10.4. The van der Waals surface area contributed by atoms with Crippen molar-refractivity contribution in [2.45, 2.75) is 32.4 Å². The van der Waals surface area contributed by atoms with Crippen LogP contribution >= 0.6 is 0 Å². The fraction of sp³-hybridized carbons (Fsp3) is 0.500. The van der Waals surface area contributed by atoms with Crippen LogP contribution < -0.4 is 0 Å². The van der Waals surface area contributed by atoms with Gasteiger partial charge in [0.1, 0.15) is 6.04 Å². The van der Waals surface area contributed by atoms with Gasteiger partial charge in [0.25, 0.3) is 0 Å². The lowest BCUT2D eigenvalue weighted by atomic mass is 10.1. The molecule has 3 nitrogen and oxygen atoms in total. The average molecular weight is 233 g/mol. The first-order valence-electron chi connectivity index (χ1n) is 6.06. The summed E-state index contributed by atoms with van der Waals surface area (Å²) in [5.74, 6) is -0.343. The van der Waals surface area contributed by atoms with Crippen LogP contribution in [0.25, 0.3) is 0 Å². The molecule has 0 radical (unpaired) electrons. The molecule has 0 heterocycles. The highest BCUT2D eigenvalue weighted by Gasteiger charge is 2.38. The third-order valence-corrected chi connectivity index (χ3v) is 3.35. The number of benzene rings is 1. The Kier molecular flexibility index (Phi) is 3.48. The van der Waals surface area contributed by atoms with E-state index in [2.05, 4.69) is 31.2 Å². The molecule has 1 aliphatic rings. The molecule has 0 aliphatic heterocycles. The first-order valence-corrected chi connectivity index (χ1v) is 6.06. The van der Waals surface area contributed by atoms with Gasteiger partial charge in [-0.05, 0) is 38.3 Å². The summed E-state index contributed by atoms with van der Waals surface area (Å²) in [4.78, 5) is 13.2. The first kappa shape index (κ1) is 12.1. The first-order chi connectivity index (χ1) is 8.08. The molecule has 0 amide bonds. The minimum atomic E-state index is -0.692. The summed E-state index contributed by atoms with van der Waals surface area (Å²) < 4.78 is 0. The summed E-state index contributed by atoms with van der Waals surface area (Å²) in [5.41, 5.74) is 2.40. The van der Waals surface area contributed by atoms with Gasteiger partial charge in [-0.3, -0.25) is 9.69 Å². The Morgan fingerprint density at radius 3 is 2.47 bits per heavy atom. The number of rotatable bonds is 5. The van der Waals surface area contributed by atoms with Gasteiger partial charge < -0.3 is 5.11 Å². The standard InChI is InChI=1S/C14H19NO2/c1-10-3-5-11(6-4-10)9-15(2)13(14(16)17)12-7-8-12/h3-6,12-13H,7-9H2,1-2H3,(H,16,17). The highest BCUT2D eigenvalue weighted by Crippen LogP contribution is 2.35. The molecule has 1 fully saturated rings. The third kappa shape index (κ3) is 3.07. The van der Waals surface area contributed by atoms with Crippen LogP contribution in [0, 0.1) is 12.8 Å². The van der Waals surface area contributed by atoms with Crippen molar-refractivity contribution in [1.82, 2.24) is 4.90 Å². The maximum Gasteiger partial charge on any atom is 0.321 e. The van der Waals surface area contributed by atoms with Crippen LogP contribution in [0.3, 0.4) is 0 Å². The Hall–Kier alpha value is -1.35. The molecular weight excluding hydrogens is 214 g/mol. The number of nitrogens with zero attached hydrogens (tertiary/aromatic N) is 1. The van der Waals surface area contributed by atoms with E-state index in [1.54, 1.807) is 0 Å². The van der Waals surface area contributed by atoms with Crippen molar-refractivity contribution in [3.8, 4) is 0 Å². The van der Waals surface area contributed by atoms with E-state index in [9.17, 15) is 9.90 Å².